The lowest BCUT2D eigenvalue weighted by Gasteiger charge is -2.28. The normalized spacial score (nSPS) is 16.2. The quantitative estimate of drug-likeness (QED) is 0.547. The van der Waals surface area contributed by atoms with E-state index >= 15 is 0 Å². The molecule has 0 unspecified atom stereocenters. The maximum Gasteiger partial charge on any atom is 0.205 e. The smallest absolute Gasteiger partial charge is 0.205 e. The second-order valence-corrected chi connectivity index (χ2v) is 7.18. The fraction of sp³-hybridized carbons (Fsp3) is 0.0500. The van der Waals surface area contributed by atoms with Crippen molar-refractivity contribution in [1.82, 2.24) is 0 Å². The van der Waals surface area contributed by atoms with Gasteiger partial charge in [-0.1, -0.05) is 41.9 Å². The molecule has 0 spiro atoms. The molecule has 3 nitrogen and oxygen atoms in total. The standard InChI is InChI=1S/C20H11BrClFN2O/c21-15-7-10(5-6-17(15)23)18-13-8-16(22)11-3-1-2-4-12(11)19(13)26-20(25)14(18)9-24/h1-8,18H,25H2/t18-/m1/s1. The van der Waals surface area contributed by atoms with E-state index < -0.39 is 5.92 Å². The molecule has 0 aliphatic carbocycles. The summed E-state index contributed by atoms with van der Waals surface area (Å²) in [6.07, 6.45) is 0. The Labute approximate surface area is 162 Å². The van der Waals surface area contributed by atoms with Crippen LogP contribution >= 0.6 is 27.5 Å². The van der Waals surface area contributed by atoms with Gasteiger partial charge in [0, 0.05) is 21.4 Å². The minimum absolute atomic E-state index is 0.0397. The molecule has 3 aromatic rings. The number of halogens is 3. The number of hydrogen-bond acceptors (Lipinski definition) is 3. The monoisotopic (exact) mass is 428 g/mol. The lowest BCUT2D eigenvalue weighted by molar-refractivity contribution is 0.398. The summed E-state index contributed by atoms with van der Waals surface area (Å²) < 4.78 is 19.8. The molecular weight excluding hydrogens is 419 g/mol. The van der Waals surface area contributed by atoms with E-state index in [0.717, 1.165) is 16.3 Å². The SMILES string of the molecule is N#CC1=C(N)Oc2c(cc(Cl)c3ccccc23)[C@H]1c1ccc(F)c(Br)c1. The van der Waals surface area contributed by atoms with Crippen molar-refractivity contribution >= 4 is 38.3 Å². The highest BCUT2D eigenvalue weighted by atomic mass is 79.9. The molecule has 0 bridgehead atoms. The van der Waals surface area contributed by atoms with Crippen molar-refractivity contribution in [3.05, 3.63) is 86.4 Å². The molecular formula is C20H11BrClFN2O. The summed E-state index contributed by atoms with van der Waals surface area (Å²) in [5, 5.41) is 11.8. The van der Waals surface area contributed by atoms with Gasteiger partial charge in [-0.3, -0.25) is 0 Å². The molecule has 26 heavy (non-hydrogen) atoms. The summed E-state index contributed by atoms with van der Waals surface area (Å²) in [7, 11) is 0. The van der Waals surface area contributed by atoms with E-state index in [1.54, 1.807) is 18.2 Å². The van der Waals surface area contributed by atoms with E-state index in [4.69, 9.17) is 22.1 Å². The van der Waals surface area contributed by atoms with Crippen LogP contribution in [0.5, 0.6) is 5.75 Å². The molecule has 2 N–H and O–H groups in total. The summed E-state index contributed by atoms with van der Waals surface area (Å²) in [6, 6.07) is 16.1. The number of benzene rings is 3. The number of nitrogens with zero attached hydrogens (tertiary/aromatic N) is 1. The topological polar surface area (TPSA) is 59.0 Å². The van der Waals surface area contributed by atoms with Crippen LogP contribution in [0, 0.1) is 17.1 Å². The van der Waals surface area contributed by atoms with Crippen LogP contribution < -0.4 is 10.5 Å². The first kappa shape index (κ1) is 16.9. The Morgan fingerprint density at radius 2 is 1.88 bits per heavy atom. The largest absolute Gasteiger partial charge is 0.440 e. The van der Waals surface area contributed by atoms with E-state index in [1.807, 2.05) is 24.3 Å². The van der Waals surface area contributed by atoms with Crippen LogP contribution in [0.3, 0.4) is 0 Å². The second kappa shape index (κ2) is 6.31. The molecule has 0 saturated heterocycles. The van der Waals surface area contributed by atoms with Crippen LogP contribution in [0.15, 0.2) is 64.5 Å². The number of allylic oxidation sites excluding steroid dienone is 1. The van der Waals surface area contributed by atoms with Gasteiger partial charge in [0.2, 0.25) is 5.88 Å². The zero-order valence-corrected chi connectivity index (χ0v) is 15.6. The van der Waals surface area contributed by atoms with E-state index in [-0.39, 0.29) is 17.3 Å². The van der Waals surface area contributed by atoms with Gasteiger partial charge < -0.3 is 10.5 Å². The second-order valence-electron chi connectivity index (χ2n) is 5.92. The first-order chi connectivity index (χ1) is 12.5. The highest BCUT2D eigenvalue weighted by Crippen LogP contribution is 2.47. The molecule has 1 heterocycles. The van der Waals surface area contributed by atoms with Crippen molar-refractivity contribution in [2.24, 2.45) is 5.73 Å². The number of rotatable bonds is 1. The van der Waals surface area contributed by atoms with Gasteiger partial charge in [0.1, 0.15) is 23.2 Å². The Morgan fingerprint density at radius 1 is 1.15 bits per heavy atom. The predicted molar refractivity (Wildman–Crippen MR) is 102 cm³/mol. The third-order valence-electron chi connectivity index (χ3n) is 4.45. The lowest BCUT2D eigenvalue weighted by atomic mass is 9.82. The zero-order chi connectivity index (χ0) is 18.4. The average Bonchev–Trinajstić information content (AvgIpc) is 2.64. The minimum atomic E-state index is -0.497. The molecule has 1 atom stereocenters. The molecule has 128 valence electrons. The molecule has 0 radical (unpaired) electrons. The van der Waals surface area contributed by atoms with E-state index in [0.29, 0.717) is 20.8 Å². The predicted octanol–water partition coefficient (Wildman–Crippen LogP) is 5.61. The van der Waals surface area contributed by atoms with Gasteiger partial charge in [-0.15, -0.1) is 0 Å². The van der Waals surface area contributed by atoms with E-state index in [9.17, 15) is 9.65 Å². The number of hydrogen-bond donors (Lipinski definition) is 1. The van der Waals surface area contributed by atoms with Crippen LogP contribution in [0.25, 0.3) is 10.8 Å². The van der Waals surface area contributed by atoms with Crippen LogP contribution in [-0.2, 0) is 0 Å². The molecule has 6 heteroatoms. The summed E-state index contributed by atoms with van der Waals surface area (Å²) >= 11 is 9.68. The zero-order valence-electron chi connectivity index (χ0n) is 13.3. The van der Waals surface area contributed by atoms with E-state index in [2.05, 4.69) is 22.0 Å². The maximum absolute atomic E-state index is 13.7. The molecule has 0 saturated carbocycles. The Morgan fingerprint density at radius 3 is 2.58 bits per heavy atom. The Hall–Kier alpha value is -2.55. The van der Waals surface area contributed by atoms with Crippen molar-refractivity contribution < 1.29 is 9.13 Å². The fourth-order valence-corrected chi connectivity index (χ4v) is 3.95. The van der Waals surface area contributed by atoms with Crippen molar-refractivity contribution in [1.29, 1.82) is 5.26 Å². The molecule has 4 rings (SSSR count). The molecule has 0 aromatic heterocycles. The number of nitrogens with two attached hydrogens (primary N) is 1. The molecule has 1 aliphatic heterocycles. The van der Waals surface area contributed by atoms with Gasteiger partial charge >= 0.3 is 0 Å². The van der Waals surface area contributed by atoms with Gasteiger partial charge in [-0.05, 0) is 39.7 Å². The number of nitriles is 1. The average molecular weight is 430 g/mol. The molecule has 0 fully saturated rings. The number of ether oxygens (including phenoxy) is 1. The summed E-state index contributed by atoms with van der Waals surface area (Å²) in [5.74, 6) is -0.277. The van der Waals surface area contributed by atoms with Crippen molar-refractivity contribution in [2.75, 3.05) is 0 Å². The van der Waals surface area contributed by atoms with Crippen molar-refractivity contribution in [2.45, 2.75) is 5.92 Å². The highest BCUT2D eigenvalue weighted by molar-refractivity contribution is 9.10. The minimum Gasteiger partial charge on any atom is -0.440 e. The lowest BCUT2D eigenvalue weighted by Crippen LogP contribution is -2.21. The first-order valence-corrected chi connectivity index (χ1v) is 8.92. The van der Waals surface area contributed by atoms with Gasteiger partial charge in [-0.25, -0.2) is 4.39 Å². The maximum atomic E-state index is 13.7. The Balaban J connectivity index is 2.05. The molecule has 0 amide bonds. The van der Waals surface area contributed by atoms with Crippen LogP contribution in [-0.4, -0.2) is 0 Å². The first-order valence-electron chi connectivity index (χ1n) is 7.75. The summed E-state index contributed by atoms with van der Waals surface area (Å²) in [6.45, 7) is 0. The van der Waals surface area contributed by atoms with Crippen LogP contribution in [0.2, 0.25) is 5.02 Å². The highest BCUT2D eigenvalue weighted by Gasteiger charge is 2.32. The van der Waals surface area contributed by atoms with Crippen molar-refractivity contribution in [3.63, 3.8) is 0 Å². The van der Waals surface area contributed by atoms with E-state index in [1.165, 1.54) is 6.07 Å². The Bertz CT molecular complexity index is 1140. The van der Waals surface area contributed by atoms with Crippen LogP contribution in [0.1, 0.15) is 17.0 Å². The number of fused-ring (bicyclic) bond motifs is 3. The van der Waals surface area contributed by atoms with Gasteiger partial charge in [-0.2, -0.15) is 5.26 Å². The van der Waals surface area contributed by atoms with Gasteiger partial charge in [0.15, 0.2) is 0 Å². The van der Waals surface area contributed by atoms with Crippen LogP contribution in [0.4, 0.5) is 4.39 Å². The van der Waals surface area contributed by atoms with Gasteiger partial charge in [0.05, 0.1) is 10.4 Å². The third-order valence-corrected chi connectivity index (χ3v) is 5.37. The third kappa shape index (κ3) is 2.54. The molecule has 1 aliphatic rings. The van der Waals surface area contributed by atoms with Gasteiger partial charge in [0.25, 0.3) is 0 Å². The fourth-order valence-electron chi connectivity index (χ4n) is 3.27. The summed E-state index contributed by atoms with van der Waals surface area (Å²) in [5.41, 5.74) is 7.75. The Kier molecular flexibility index (Phi) is 4.10. The molecule has 3 aromatic carbocycles. The van der Waals surface area contributed by atoms with Crippen molar-refractivity contribution in [3.8, 4) is 11.8 Å². The summed E-state index contributed by atoms with van der Waals surface area (Å²) in [4.78, 5) is 0.